The highest BCUT2D eigenvalue weighted by molar-refractivity contribution is 7.85. The first-order valence-corrected chi connectivity index (χ1v) is 9.02. The van der Waals surface area contributed by atoms with Crippen LogP contribution in [0, 0.1) is 5.92 Å². The third-order valence-corrected chi connectivity index (χ3v) is 4.14. The molecule has 1 N–H and O–H groups in total. The highest BCUT2D eigenvalue weighted by atomic mass is 35.5. The Hall–Kier alpha value is -0.860. The van der Waals surface area contributed by atoms with Gasteiger partial charge in [-0.15, -0.1) is 0 Å². The van der Waals surface area contributed by atoms with Crippen LogP contribution in [-0.2, 0) is 19.0 Å². The van der Waals surface area contributed by atoms with Gasteiger partial charge in [0.1, 0.15) is 11.9 Å². The van der Waals surface area contributed by atoms with E-state index in [1.54, 1.807) is 25.1 Å². The molecule has 0 bridgehead atoms. The van der Waals surface area contributed by atoms with Crippen LogP contribution in [-0.4, -0.2) is 45.7 Å². The summed E-state index contributed by atoms with van der Waals surface area (Å²) in [5, 5.41) is 10.6. The molecule has 0 amide bonds. The van der Waals surface area contributed by atoms with Gasteiger partial charge in [0.05, 0.1) is 37.2 Å². The molecule has 22 heavy (non-hydrogen) atoms. The predicted molar refractivity (Wildman–Crippen MR) is 81.6 cm³/mol. The normalized spacial score (nSPS) is 18.5. The Bertz CT molecular complexity index is 614. The zero-order valence-corrected chi connectivity index (χ0v) is 13.9. The van der Waals surface area contributed by atoms with E-state index in [1.165, 1.54) is 0 Å². The van der Waals surface area contributed by atoms with E-state index in [4.69, 9.17) is 25.3 Å². The van der Waals surface area contributed by atoms with E-state index in [9.17, 15) is 13.5 Å². The largest absolute Gasteiger partial charge is 0.484 e. The Morgan fingerprint density at radius 2 is 2.14 bits per heavy atom. The van der Waals surface area contributed by atoms with Gasteiger partial charge in [-0.25, -0.2) is 0 Å². The maximum absolute atomic E-state index is 11.0. The Morgan fingerprint density at radius 1 is 1.45 bits per heavy atom. The van der Waals surface area contributed by atoms with Crippen molar-refractivity contribution in [3.63, 3.8) is 0 Å². The molecule has 1 heterocycles. The summed E-state index contributed by atoms with van der Waals surface area (Å²) in [6.07, 6.45) is 0.0925. The Balaban J connectivity index is 1.99. The van der Waals surface area contributed by atoms with E-state index in [2.05, 4.69) is 0 Å². The molecule has 1 aromatic carbocycles. The molecule has 1 aliphatic rings. The molecule has 0 spiro atoms. The lowest BCUT2D eigenvalue weighted by molar-refractivity contribution is -0.0796. The van der Waals surface area contributed by atoms with Gasteiger partial charge in [0.25, 0.3) is 10.1 Å². The van der Waals surface area contributed by atoms with Crippen molar-refractivity contribution in [2.75, 3.05) is 26.1 Å². The molecule has 0 saturated carbocycles. The van der Waals surface area contributed by atoms with Crippen LogP contribution in [0.1, 0.15) is 18.6 Å². The van der Waals surface area contributed by atoms with Crippen molar-refractivity contribution in [2.24, 2.45) is 5.92 Å². The van der Waals surface area contributed by atoms with Crippen molar-refractivity contribution in [1.29, 1.82) is 0 Å². The number of hydrogen-bond donors (Lipinski definition) is 1. The summed E-state index contributed by atoms with van der Waals surface area (Å²) < 4.78 is 37.3. The van der Waals surface area contributed by atoms with Crippen LogP contribution >= 0.6 is 11.6 Å². The molecule has 1 unspecified atom stereocenters. The third kappa shape index (κ3) is 4.82. The van der Waals surface area contributed by atoms with E-state index >= 15 is 0 Å². The topological polar surface area (TPSA) is 82.1 Å². The van der Waals surface area contributed by atoms with Crippen LogP contribution in [0.25, 0.3) is 0 Å². The second-order valence-corrected chi connectivity index (χ2v) is 7.43. The molecule has 0 radical (unpaired) electrons. The van der Waals surface area contributed by atoms with Gasteiger partial charge in [0.2, 0.25) is 0 Å². The minimum atomic E-state index is -3.53. The van der Waals surface area contributed by atoms with E-state index in [0.29, 0.717) is 29.5 Å². The number of hydrogen-bond acceptors (Lipinski definition) is 6. The van der Waals surface area contributed by atoms with Crippen molar-refractivity contribution >= 4 is 21.7 Å². The molecule has 8 heteroatoms. The lowest BCUT2D eigenvalue weighted by Gasteiger charge is -2.27. The fourth-order valence-corrected chi connectivity index (χ4v) is 2.60. The van der Waals surface area contributed by atoms with Gasteiger partial charge in [-0.05, 0) is 17.7 Å². The number of aliphatic hydroxyl groups is 1. The summed E-state index contributed by atoms with van der Waals surface area (Å²) >= 11 is 6.15. The Kier molecular flexibility index (Phi) is 5.68. The Labute approximate surface area is 135 Å². The summed E-state index contributed by atoms with van der Waals surface area (Å²) in [6, 6.07) is 4.99. The molecule has 124 valence electrons. The van der Waals surface area contributed by atoms with Crippen molar-refractivity contribution in [2.45, 2.75) is 19.1 Å². The molecule has 2 rings (SSSR count). The minimum absolute atomic E-state index is 0.00959. The number of benzene rings is 1. The van der Waals surface area contributed by atoms with Gasteiger partial charge < -0.3 is 14.6 Å². The van der Waals surface area contributed by atoms with Gasteiger partial charge >= 0.3 is 0 Å². The molecule has 0 aromatic heterocycles. The predicted octanol–water partition coefficient (Wildman–Crippen LogP) is 1.76. The zero-order valence-electron chi connectivity index (χ0n) is 12.4. The maximum Gasteiger partial charge on any atom is 0.264 e. The van der Waals surface area contributed by atoms with Crippen LogP contribution < -0.4 is 4.74 Å². The maximum atomic E-state index is 11.0. The molecule has 0 aliphatic carbocycles. The quantitative estimate of drug-likeness (QED) is 0.755. The van der Waals surface area contributed by atoms with Gasteiger partial charge in [0, 0.05) is 5.92 Å². The van der Waals surface area contributed by atoms with Crippen LogP contribution in [0.3, 0.4) is 0 Å². The van der Waals surface area contributed by atoms with Crippen LogP contribution in [0.5, 0.6) is 5.75 Å². The van der Waals surface area contributed by atoms with Crippen molar-refractivity contribution in [3.05, 3.63) is 28.8 Å². The van der Waals surface area contributed by atoms with Crippen LogP contribution in [0.4, 0.5) is 0 Å². The lowest BCUT2D eigenvalue weighted by atomic mass is 9.98. The van der Waals surface area contributed by atoms with E-state index in [-0.39, 0.29) is 12.7 Å². The minimum Gasteiger partial charge on any atom is -0.484 e. The van der Waals surface area contributed by atoms with Crippen molar-refractivity contribution < 1.29 is 27.2 Å². The fourth-order valence-electron chi connectivity index (χ4n) is 1.91. The molecule has 1 fully saturated rings. The first kappa shape index (κ1) is 17.5. The monoisotopic (exact) mass is 350 g/mol. The number of aliphatic hydroxyl groups excluding tert-OH is 1. The van der Waals surface area contributed by atoms with Crippen LogP contribution in [0.2, 0.25) is 5.02 Å². The average Bonchev–Trinajstić information content (AvgIpc) is 2.39. The molecule has 1 saturated heterocycles. The van der Waals surface area contributed by atoms with Gasteiger partial charge in [0.15, 0.2) is 0 Å². The van der Waals surface area contributed by atoms with Crippen molar-refractivity contribution in [1.82, 2.24) is 0 Å². The first-order chi connectivity index (χ1) is 10.3. The molecular weight excluding hydrogens is 332 g/mol. The smallest absolute Gasteiger partial charge is 0.264 e. The molecule has 6 nitrogen and oxygen atoms in total. The summed E-state index contributed by atoms with van der Waals surface area (Å²) in [7, 11) is -3.53. The molecule has 1 aromatic rings. The molecular formula is C14H19ClO6S. The zero-order chi connectivity index (χ0) is 16.3. The summed E-state index contributed by atoms with van der Waals surface area (Å²) in [6.45, 7) is 2.68. The second-order valence-electron chi connectivity index (χ2n) is 5.38. The van der Waals surface area contributed by atoms with Gasteiger partial charge in [-0.1, -0.05) is 24.6 Å². The van der Waals surface area contributed by atoms with Crippen LogP contribution in [0.15, 0.2) is 18.2 Å². The highest BCUT2D eigenvalue weighted by Crippen LogP contribution is 2.32. The lowest BCUT2D eigenvalue weighted by Crippen LogP contribution is -2.38. The number of rotatable bonds is 7. The average molecular weight is 351 g/mol. The fraction of sp³-hybridized carbons (Fsp3) is 0.571. The standard InChI is InChI=1S/C14H19ClO6S/c1-9(6-20-22(2,17)18)14(16)10-3-4-13(12(15)5-10)21-11-7-19-8-11/h3-5,9,11,14,16H,6-8H2,1-2H3/t9-,14?/m1/s1. The SMILES string of the molecule is C[C@H](COS(C)(=O)=O)C(O)c1ccc(OC2COC2)c(Cl)c1. The highest BCUT2D eigenvalue weighted by Gasteiger charge is 2.23. The Morgan fingerprint density at radius 3 is 2.64 bits per heavy atom. The first-order valence-electron chi connectivity index (χ1n) is 6.82. The summed E-state index contributed by atoms with van der Waals surface area (Å²) in [5.41, 5.74) is 0.576. The second kappa shape index (κ2) is 7.14. The van der Waals surface area contributed by atoms with Gasteiger partial charge in [-0.2, -0.15) is 8.42 Å². The number of halogens is 1. The summed E-state index contributed by atoms with van der Waals surface area (Å²) in [4.78, 5) is 0. The van der Waals surface area contributed by atoms with Crippen molar-refractivity contribution in [3.8, 4) is 5.75 Å². The molecule has 2 atom stereocenters. The third-order valence-electron chi connectivity index (χ3n) is 3.28. The van der Waals surface area contributed by atoms with E-state index in [1.807, 2.05) is 0 Å². The van der Waals surface area contributed by atoms with E-state index in [0.717, 1.165) is 6.26 Å². The van der Waals surface area contributed by atoms with E-state index < -0.39 is 22.1 Å². The van der Waals surface area contributed by atoms with Gasteiger partial charge in [-0.3, -0.25) is 4.18 Å². The number of ether oxygens (including phenoxy) is 2. The molecule has 1 aliphatic heterocycles. The summed E-state index contributed by atoms with van der Waals surface area (Å²) in [5.74, 6) is 0.128.